The van der Waals surface area contributed by atoms with Crippen molar-refractivity contribution in [3.8, 4) is 0 Å². The first kappa shape index (κ1) is 14.7. The smallest absolute Gasteiger partial charge is 0.243 e. The number of aliphatic hydroxyl groups is 1. The van der Waals surface area contributed by atoms with Crippen LogP contribution < -0.4 is 21.5 Å². The minimum Gasteiger partial charge on any atom is -0.396 e. The van der Waals surface area contributed by atoms with Crippen LogP contribution in [0.3, 0.4) is 0 Å². The first-order valence-corrected chi connectivity index (χ1v) is 7.05. The van der Waals surface area contributed by atoms with Crippen LogP contribution in [-0.4, -0.2) is 46.3 Å². The highest BCUT2D eigenvalue weighted by atomic mass is 16.3. The third-order valence-electron chi connectivity index (χ3n) is 3.37. The van der Waals surface area contributed by atoms with Gasteiger partial charge in [0, 0.05) is 26.2 Å². The average molecular weight is 281 g/mol. The maximum absolute atomic E-state index is 8.90. The molecule has 1 atom stereocenters. The number of nitrogens with zero attached hydrogens (tertiary/aromatic N) is 4. The van der Waals surface area contributed by atoms with E-state index >= 15 is 0 Å². The van der Waals surface area contributed by atoms with Gasteiger partial charge in [-0.25, -0.2) is 5.84 Å². The van der Waals surface area contributed by atoms with E-state index in [4.69, 9.17) is 10.9 Å². The van der Waals surface area contributed by atoms with Gasteiger partial charge in [0.1, 0.15) is 0 Å². The van der Waals surface area contributed by atoms with Gasteiger partial charge in [-0.1, -0.05) is 6.92 Å². The molecule has 0 saturated carbocycles. The number of nitrogens with one attached hydrogen (secondary N) is 2. The molecule has 20 heavy (non-hydrogen) atoms. The highest BCUT2D eigenvalue weighted by Crippen LogP contribution is 2.18. The first-order chi connectivity index (χ1) is 9.72. The summed E-state index contributed by atoms with van der Waals surface area (Å²) in [7, 11) is 0. The fraction of sp³-hybridized carbons (Fsp3) is 0.750. The van der Waals surface area contributed by atoms with Crippen LogP contribution in [0.4, 0.5) is 17.8 Å². The van der Waals surface area contributed by atoms with Crippen LogP contribution in [0.25, 0.3) is 0 Å². The first-order valence-electron chi connectivity index (χ1n) is 7.05. The van der Waals surface area contributed by atoms with Crippen molar-refractivity contribution in [3.63, 3.8) is 0 Å². The van der Waals surface area contributed by atoms with Gasteiger partial charge in [-0.15, -0.1) is 0 Å². The van der Waals surface area contributed by atoms with Crippen molar-refractivity contribution in [2.75, 3.05) is 41.9 Å². The Bertz CT molecular complexity index is 422. The van der Waals surface area contributed by atoms with Crippen LogP contribution in [0.1, 0.15) is 26.2 Å². The van der Waals surface area contributed by atoms with E-state index in [1.165, 1.54) is 0 Å². The molecule has 0 bridgehead atoms. The normalized spacial score (nSPS) is 16.2. The average Bonchev–Trinajstić information content (AvgIpc) is 2.99. The molecule has 1 aliphatic heterocycles. The fourth-order valence-corrected chi connectivity index (χ4v) is 2.15. The second-order valence-electron chi connectivity index (χ2n) is 5.12. The lowest BCUT2D eigenvalue weighted by molar-refractivity contribution is 0.265. The third kappa shape index (κ3) is 3.91. The predicted molar refractivity (Wildman–Crippen MR) is 78.4 cm³/mol. The van der Waals surface area contributed by atoms with Gasteiger partial charge >= 0.3 is 0 Å². The number of nitrogen functional groups attached to an aromatic ring is 1. The number of rotatable bonds is 7. The van der Waals surface area contributed by atoms with E-state index in [0.717, 1.165) is 32.4 Å². The van der Waals surface area contributed by atoms with Crippen LogP contribution in [-0.2, 0) is 0 Å². The summed E-state index contributed by atoms with van der Waals surface area (Å²) in [6, 6.07) is 0. The van der Waals surface area contributed by atoms with Gasteiger partial charge in [0.15, 0.2) is 0 Å². The number of hydrogen-bond acceptors (Lipinski definition) is 8. The molecule has 0 amide bonds. The van der Waals surface area contributed by atoms with Gasteiger partial charge in [-0.05, 0) is 25.2 Å². The molecule has 8 nitrogen and oxygen atoms in total. The van der Waals surface area contributed by atoms with E-state index in [9.17, 15) is 0 Å². The number of aromatic nitrogens is 3. The molecule has 8 heteroatoms. The van der Waals surface area contributed by atoms with Crippen molar-refractivity contribution < 1.29 is 5.11 Å². The summed E-state index contributed by atoms with van der Waals surface area (Å²) < 4.78 is 0. The lowest BCUT2D eigenvalue weighted by Gasteiger charge is -2.17. The highest BCUT2D eigenvalue weighted by Gasteiger charge is 2.17. The molecule has 1 unspecified atom stereocenters. The van der Waals surface area contributed by atoms with Crippen LogP contribution in [0.5, 0.6) is 0 Å². The lowest BCUT2D eigenvalue weighted by Crippen LogP contribution is -2.24. The molecule has 5 N–H and O–H groups in total. The van der Waals surface area contributed by atoms with Gasteiger partial charge in [-0.2, -0.15) is 15.0 Å². The molecule has 112 valence electrons. The molecule has 0 aliphatic carbocycles. The van der Waals surface area contributed by atoms with Crippen molar-refractivity contribution >= 4 is 17.8 Å². The van der Waals surface area contributed by atoms with E-state index in [1.807, 2.05) is 0 Å². The van der Waals surface area contributed by atoms with Crippen molar-refractivity contribution in [2.24, 2.45) is 11.8 Å². The molecule has 1 aromatic heterocycles. The van der Waals surface area contributed by atoms with Crippen molar-refractivity contribution in [3.05, 3.63) is 0 Å². The lowest BCUT2D eigenvalue weighted by atomic mass is 10.1. The zero-order valence-corrected chi connectivity index (χ0v) is 11.8. The summed E-state index contributed by atoms with van der Waals surface area (Å²) in [5.74, 6) is 7.29. The van der Waals surface area contributed by atoms with E-state index in [0.29, 0.717) is 30.3 Å². The molecule has 0 aromatic carbocycles. The van der Waals surface area contributed by atoms with Crippen LogP contribution in [0.2, 0.25) is 0 Å². The van der Waals surface area contributed by atoms with Gasteiger partial charge in [0.05, 0.1) is 0 Å². The van der Waals surface area contributed by atoms with Crippen molar-refractivity contribution in [1.82, 2.24) is 15.0 Å². The summed E-state index contributed by atoms with van der Waals surface area (Å²) >= 11 is 0. The van der Waals surface area contributed by atoms with Gasteiger partial charge in [0.2, 0.25) is 17.8 Å². The Morgan fingerprint density at radius 3 is 2.60 bits per heavy atom. The topological polar surface area (TPSA) is 112 Å². The van der Waals surface area contributed by atoms with E-state index < -0.39 is 0 Å². The number of hydrogen-bond donors (Lipinski definition) is 4. The van der Waals surface area contributed by atoms with Crippen molar-refractivity contribution in [1.29, 1.82) is 0 Å². The molecule has 1 aromatic rings. The molecule has 2 rings (SSSR count). The number of aliphatic hydroxyl groups excluding tert-OH is 1. The van der Waals surface area contributed by atoms with E-state index in [-0.39, 0.29) is 6.61 Å². The summed E-state index contributed by atoms with van der Waals surface area (Å²) in [5, 5.41) is 12.1. The molecule has 0 radical (unpaired) electrons. The quantitative estimate of drug-likeness (QED) is 0.414. The standard InChI is InChI=1S/C12H23N7O/c1-9(4-7-20)8-14-10-15-11(18-13)17-12(16-10)19-5-2-3-6-19/h9,20H,2-8,13H2,1H3,(H2,14,15,16,17,18). The fourth-order valence-electron chi connectivity index (χ4n) is 2.15. The zero-order valence-electron chi connectivity index (χ0n) is 11.8. The summed E-state index contributed by atoms with van der Waals surface area (Å²) in [5.41, 5.74) is 2.48. The van der Waals surface area contributed by atoms with Crippen molar-refractivity contribution in [2.45, 2.75) is 26.2 Å². The minimum absolute atomic E-state index is 0.189. The Morgan fingerprint density at radius 2 is 1.95 bits per heavy atom. The highest BCUT2D eigenvalue weighted by molar-refractivity contribution is 5.43. The third-order valence-corrected chi connectivity index (χ3v) is 3.37. The number of hydrazine groups is 1. The molecule has 1 saturated heterocycles. The van der Waals surface area contributed by atoms with Crippen LogP contribution in [0.15, 0.2) is 0 Å². The number of nitrogens with two attached hydrogens (primary N) is 1. The van der Waals surface area contributed by atoms with Gasteiger partial charge < -0.3 is 15.3 Å². The second kappa shape index (κ2) is 7.20. The molecule has 1 fully saturated rings. The molecule has 1 aliphatic rings. The molecule has 0 spiro atoms. The maximum Gasteiger partial charge on any atom is 0.243 e. The van der Waals surface area contributed by atoms with Gasteiger partial charge in [0.25, 0.3) is 0 Å². The maximum atomic E-state index is 8.90. The second-order valence-corrected chi connectivity index (χ2v) is 5.12. The van der Waals surface area contributed by atoms with E-state index in [2.05, 4.69) is 37.5 Å². The Labute approximate surface area is 118 Å². The molecular weight excluding hydrogens is 258 g/mol. The SMILES string of the molecule is CC(CCO)CNc1nc(NN)nc(N2CCCC2)n1. The Balaban J connectivity index is 2.05. The monoisotopic (exact) mass is 281 g/mol. The minimum atomic E-state index is 0.189. The Hall–Kier alpha value is -1.67. The van der Waals surface area contributed by atoms with Crippen LogP contribution in [0, 0.1) is 5.92 Å². The Morgan fingerprint density at radius 1 is 1.25 bits per heavy atom. The number of anilines is 3. The molecule has 2 heterocycles. The predicted octanol–water partition coefficient (Wildman–Crippen LogP) is 0.188. The summed E-state index contributed by atoms with van der Waals surface area (Å²) in [6.07, 6.45) is 3.07. The van der Waals surface area contributed by atoms with Gasteiger partial charge in [-0.3, -0.25) is 5.43 Å². The van der Waals surface area contributed by atoms with E-state index in [1.54, 1.807) is 0 Å². The Kier molecular flexibility index (Phi) is 5.31. The van der Waals surface area contributed by atoms with Crippen LogP contribution >= 0.6 is 0 Å². The summed E-state index contributed by atoms with van der Waals surface area (Å²) in [4.78, 5) is 15.0. The molecular formula is C12H23N7O. The summed E-state index contributed by atoms with van der Waals surface area (Å²) in [6.45, 7) is 4.89. The zero-order chi connectivity index (χ0) is 14.4. The largest absolute Gasteiger partial charge is 0.396 e.